The molecule has 0 aliphatic rings. The van der Waals surface area contributed by atoms with E-state index in [0.29, 0.717) is 0 Å². The maximum atomic E-state index is 7.46. The van der Waals surface area contributed by atoms with Gasteiger partial charge in [-0.05, 0) is 0 Å². The minimum absolute atomic E-state index is 0. The van der Waals surface area contributed by atoms with E-state index in [1.54, 1.807) is 19.2 Å². The Kier molecular flexibility index (Phi) is 32.6. The molecule has 2 aromatic carbocycles. The summed E-state index contributed by atoms with van der Waals surface area (Å²) in [4.78, 5) is 0. The van der Waals surface area contributed by atoms with Crippen molar-refractivity contribution in [2.75, 3.05) is 6.61 Å². The van der Waals surface area contributed by atoms with Gasteiger partial charge in [0.25, 0.3) is 0 Å². The van der Waals surface area contributed by atoms with E-state index in [4.69, 9.17) is 10.8 Å². The molecule has 2 N–H and O–H groups in total. The van der Waals surface area contributed by atoms with Crippen LogP contribution in [0.2, 0.25) is 0 Å². The topological polar surface area (TPSA) is 44.0 Å². The predicted molar refractivity (Wildman–Crippen MR) is 103 cm³/mol. The SMILES string of the molecule is CC(C)(C)[NH-].Cl.Cl.[CH2-]CO.[CH3-].[Si]=[Ti].c1ccc2[cH-]ccc2c1. The average Bonchev–Trinajstić information content (AvgIpc) is 2.78. The van der Waals surface area contributed by atoms with Gasteiger partial charge in [0.2, 0.25) is 0 Å². The van der Waals surface area contributed by atoms with Crippen LogP contribution >= 0.6 is 24.8 Å². The second-order valence-electron chi connectivity index (χ2n) is 4.63. The molecule has 0 saturated heterocycles. The molecule has 0 unspecified atom stereocenters. The van der Waals surface area contributed by atoms with Gasteiger partial charge in [-0.3, -0.25) is 0 Å². The van der Waals surface area contributed by atoms with Crippen LogP contribution in [0, 0.1) is 14.4 Å². The number of hydrogen-bond donors (Lipinski definition) is 1. The van der Waals surface area contributed by atoms with Gasteiger partial charge in [-0.25, -0.2) is 0 Å². The van der Waals surface area contributed by atoms with Crippen LogP contribution in [0.25, 0.3) is 16.5 Å². The fourth-order valence-electron chi connectivity index (χ4n) is 1.07. The molecule has 0 atom stereocenters. The smallest absolute Gasteiger partial charge is 0.0809 e. The first-order valence-corrected chi connectivity index (χ1v) is 8.73. The molecule has 2 aromatic rings. The summed E-state index contributed by atoms with van der Waals surface area (Å²) >= 11 is 1.81. The number of benzene rings is 1. The summed E-state index contributed by atoms with van der Waals surface area (Å²) in [5, 5.41) is 10.1. The average molecular weight is 396 g/mol. The Balaban J connectivity index is -0.0000000657. The Morgan fingerprint density at radius 2 is 1.55 bits per heavy atom. The third-order valence-corrected chi connectivity index (χ3v) is 1.55. The van der Waals surface area contributed by atoms with Crippen LogP contribution in [-0.4, -0.2) is 24.9 Å². The van der Waals surface area contributed by atoms with E-state index in [0.717, 1.165) is 0 Å². The minimum atomic E-state index is -0.250. The summed E-state index contributed by atoms with van der Waals surface area (Å²) in [5.41, 5.74) is 6.69. The van der Waals surface area contributed by atoms with E-state index in [2.05, 4.69) is 57.0 Å². The molecule has 0 heterocycles. The van der Waals surface area contributed by atoms with Gasteiger partial charge in [0.15, 0.2) is 0 Å². The summed E-state index contributed by atoms with van der Waals surface area (Å²) in [6, 6.07) is 14.7. The molecule has 0 bridgehead atoms. The normalized spacial score (nSPS) is 7.86. The van der Waals surface area contributed by atoms with Gasteiger partial charge in [0.05, 0.1) is 0 Å². The van der Waals surface area contributed by atoms with Gasteiger partial charge in [0.1, 0.15) is 0 Å². The van der Waals surface area contributed by atoms with E-state index in [1.165, 1.54) is 10.8 Å². The Labute approximate surface area is 162 Å². The van der Waals surface area contributed by atoms with Gasteiger partial charge in [-0.15, -0.1) is 60.0 Å². The van der Waals surface area contributed by atoms with Crippen LogP contribution in [0.4, 0.5) is 0 Å². The molecule has 22 heavy (non-hydrogen) atoms. The zero-order chi connectivity index (χ0) is 15.3. The molecule has 6 heteroatoms. The molecule has 0 aliphatic carbocycles. The Morgan fingerprint density at radius 3 is 1.91 bits per heavy atom. The van der Waals surface area contributed by atoms with Crippen molar-refractivity contribution < 1.29 is 24.3 Å². The third-order valence-electron chi connectivity index (χ3n) is 1.55. The van der Waals surface area contributed by atoms with Crippen molar-refractivity contribution in [3.05, 3.63) is 62.5 Å². The number of aliphatic hydroxyl groups excluding tert-OH is 1. The zero-order valence-corrected chi connectivity index (χ0v) is 17.9. The quantitative estimate of drug-likeness (QED) is 0.488. The van der Waals surface area contributed by atoms with E-state index in [-0.39, 0.29) is 44.4 Å². The summed E-state index contributed by atoms with van der Waals surface area (Å²) < 4.78 is 0. The van der Waals surface area contributed by atoms with Crippen molar-refractivity contribution in [2.24, 2.45) is 0 Å². The van der Waals surface area contributed by atoms with Crippen molar-refractivity contribution in [1.29, 1.82) is 0 Å². The summed E-state index contributed by atoms with van der Waals surface area (Å²) in [7, 11) is 2.97. The molecule has 0 fully saturated rings. The molecule has 2 radical (unpaired) electrons. The van der Waals surface area contributed by atoms with Gasteiger partial charge in [0, 0.05) is 0 Å². The van der Waals surface area contributed by atoms with Gasteiger partial charge >= 0.3 is 26.8 Å². The van der Waals surface area contributed by atoms with Crippen molar-refractivity contribution in [3.8, 4) is 0 Å². The van der Waals surface area contributed by atoms with Crippen LogP contribution in [0.15, 0.2) is 42.5 Å². The molecule has 0 aliphatic heterocycles. The molecule has 0 aromatic heterocycles. The van der Waals surface area contributed by atoms with E-state index in [1.807, 2.05) is 20.8 Å². The van der Waals surface area contributed by atoms with E-state index < -0.39 is 0 Å². The number of halogens is 2. The maximum absolute atomic E-state index is 7.46. The predicted octanol–water partition coefficient (Wildman–Crippen LogP) is 5.12. The van der Waals surface area contributed by atoms with Gasteiger partial charge in [-0.2, -0.15) is 17.5 Å². The van der Waals surface area contributed by atoms with Crippen molar-refractivity contribution in [1.82, 2.24) is 0 Å². The monoisotopic (exact) mass is 395 g/mol. The first kappa shape index (κ1) is 33.8. The molecule has 0 spiro atoms. The van der Waals surface area contributed by atoms with Crippen LogP contribution < -0.4 is 0 Å². The molecule has 0 saturated carbocycles. The summed E-state index contributed by atoms with van der Waals surface area (Å²) in [6.45, 7) is 8.60. The second kappa shape index (κ2) is 21.3. The standard InChI is InChI=1S/C9H7.C4H10N.C2H5O.CH3.2ClH.Si.Ti/c1-2-5-9-7-3-6-8(9)4-1;1-4(2,3)5;1-2-3;;;;;/h1-7H;5H,1-3H3;3H,1-2H2;1H3;2*1H;;/q4*-1;;;;. The third kappa shape index (κ3) is 25.2. The molecule has 128 valence electrons. The van der Waals surface area contributed by atoms with Crippen LogP contribution in [-0.2, 0) is 19.2 Å². The van der Waals surface area contributed by atoms with Gasteiger partial charge < -0.3 is 25.2 Å². The number of fused-ring (bicyclic) bond motifs is 1. The first-order chi connectivity index (χ1) is 8.88. The van der Waals surface area contributed by atoms with E-state index >= 15 is 0 Å². The van der Waals surface area contributed by atoms with Crippen LogP contribution in [0.1, 0.15) is 20.8 Å². The molecular formula is C16H27Cl2NOSiTi-4. The first-order valence-electron chi connectivity index (χ1n) is 5.89. The van der Waals surface area contributed by atoms with Crippen molar-refractivity contribution in [3.63, 3.8) is 0 Å². The van der Waals surface area contributed by atoms with Crippen LogP contribution in [0.5, 0.6) is 0 Å². The maximum Gasteiger partial charge on any atom is -0.0809 e. The Hall–Kier alpha value is 0.261. The fourth-order valence-corrected chi connectivity index (χ4v) is 1.07. The second-order valence-corrected chi connectivity index (χ2v) is 4.63. The number of aliphatic hydroxyl groups is 1. The molecular weight excluding hydrogens is 369 g/mol. The Bertz CT molecular complexity index is 397. The number of rotatable bonds is 0. The molecule has 2 rings (SSSR count). The molecule has 0 amide bonds. The zero-order valence-electron chi connectivity index (χ0n) is 13.7. The largest absolute Gasteiger partial charge is 0.168 e. The van der Waals surface area contributed by atoms with Crippen molar-refractivity contribution >= 4 is 43.2 Å². The minimum Gasteiger partial charge on any atom is -0.168 e. The van der Waals surface area contributed by atoms with Gasteiger partial charge in [-0.1, -0.05) is 33.4 Å². The fraction of sp³-hybridized carbons (Fsp3) is 0.312. The molecule has 2 nitrogen and oxygen atoms in total. The number of nitrogens with one attached hydrogen (secondary N) is 1. The summed E-state index contributed by atoms with van der Waals surface area (Å²) in [5.74, 6) is 0. The summed E-state index contributed by atoms with van der Waals surface area (Å²) in [6.07, 6.45) is 0. The number of hydrogen-bond acceptors (Lipinski definition) is 1. The Morgan fingerprint density at radius 1 is 1.18 bits per heavy atom. The van der Waals surface area contributed by atoms with Crippen molar-refractivity contribution in [2.45, 2.75) is 26.3 Å². The van der Waals surface area contributed by atoms with Crippen LogP contribution in [0.3, 0.4) is 0 Å². The van der Waals surface area contributed by atoms with E-state index in [9.17, 15) is 0 Å².